The Morgan fingerprint density at radius 2 is 2.06 bits per heavy atom. The Hall–Kier alpha value is -1.75. The first-order valence-electron chi connectivity index (χ1n) is 5.09. The maximum Gasteiger partial charge on any atom is 0.257 e. The highest BCUT2D eigenvalue weighted by molar-refractivity contribution is 5.52. The van der Waals surface area contributed by atoms with Gasteiger partial charge in [-0.05, 0) is 30.8 Å². The minimum absolute atomic E-state index is 0.281. The summed E-state index contributed by atoms with van der Waals surface area (Å²) < 4.78 is 17.8. The summed E-state index contributed by atoms with van der Waals surface area (Å²) >= 11 is 0. The van der Waals surface area contributed by atoms with E-state index in [2.05, 4.69) is 15.5 Å². The summed E-state index contributed by atoms with van der Waals surface area (Å²) in [5, 5.41) is 6.90. The molecule has 0 spiro atoms. The molecule has 0 amide bonds. The van der Waals surface area contributed by atoms with Gasteiger partial charge in [-0.3, -0.25) is 0 Å². The molecular formula is C11H12FN3O. The van der Waals surface area contributed by atoms with Crippen LogP contribution in [0, 0.1) is 5.82 Å². The van der Waals surface area contributed by atoms with Gasteiger partial charge < -0.3 is 9.84 Å². The van der Waals surface area contributed by atoms with Crippen molar-refractivity contribution in [1.29, 1.82) is 0 Å². The number of aromatic nitrogens is 2. The molecule has 0 fully saturated rings. The average Bonchev–Trinajstić information content (AvgIpc) is 2.76. The summed E-state index contributed by atoms with van der Waals surface area (Å²) in [5.74, 6) is 0.727. The first-order valence-corrected chi connectivity index (χ1v) is 5.09. The molecule has 16 heavy (non-hydrogen) atoms. The van der Waals surface area contributed by atoms with Crippen LogP contribution in [0.2, 0.25) is 0 Å². The molecule has 0 saturated heterocycles. The third-order valence-corrected chi connectivity index (χ3v) is 2.09. The maximum atomic E-state index is 12.7. The zero-order valence-electron chi connectivity index (χ0n) is 8.90. The summed E-state index contributed by atoms with van der Waals surface area (Å²) in [4.78, 5) is 4.18. The van der Waals surface area contributed by atoms with Crippen LogP contribution < -0.4 is 5.32 Å². The smallest absolute Gasteiger partial charge is 0.257 e. The fourth-order valence-corrected chi connectivity index (χ4v) is 1.27. The summed E-state index contributed by atoms with van der Waals surface area (Å²) in [6.45, 7) is 3.42. The van der Waals surface area contributed by atoms with Gasteiger partial charge in [-0.2, -0.15) is 4.98 Å². The van der Waals surface area contributed by atoms with E-state index >= 15 is 0 Å². The Balaban J connectivity index is 2.15. The van der Waals surface area contributed by atoms with Gasteiger partial charge in [0.05, 0.1) is 6.54 Å². The van der Waals surface area contributed by atoms with Crippen LogP contribution in [0.4, 0.5) is 4.39 Å². The lowest BCUT2D eigenvalue weighted by molar-refractivity contribution is 0.420. The Kier molecular flexibility index (Phi) is 3.26. The van der Waals surface area contributed by atoms with Crippen molar-refractivity contribution in [2.45, 2.75) is 13.5 Å². The van der Waals surface area contributed by atoms with Crippen LogP contribution in [-0.4, -0.2) is 16.7 Å². The second-order valence-electron chi connectivity index (χ2n) is 3.30. The van der Waals surface area contributed by atoms with E-state index < -0.39 is 0 Å². The van der Waals surface area contributed by atoms with E-state index in [0.29, 0.717) is 18.3 Å². The molecule has 5 heteroatoms. The summed E-state index contributed by atoms with van der Waals surface area (Å²) in [6.07, 6.45) is 0. The van der Waals surface area contributed by atoms with Gasteiger partial charge in [0.15, 0.2) is 5.82 Å². The minimum Gasteiger partial charge on any atom is -0.334 e. The van der Waals surface area contributed by atoms with Crippen LogP contribution in [0.15, 0.2) is 28.8 Å². The average molecular weight is 221 g/mol. The fourth-order valence-electron chi connectivity index (χ4n) is 1.27. The second-order valence-corrected chi connectivity index (χ2v) is 3.30. The van der Waals surface area contributed by atoms with Crippen molar-refractivity contribution in [3.63, 3.8) is 0 Å². The third-order valence-electron chi connectivity index (χ3n) is 2.09. The van der Waals surface area contributed by atoms with Gasteiger partial charge in [-0.25, -0.2) is 4.39 Å². The molecule has 0 aliphatic heterocycles. The molecule has 2 aromatic rings. The number of hydrogen-bond acceptors (Lipinski definition) is 4. The van der Waals surface area contributed by atoms with Gasteiger partial charge in [-0.1, -0.05) is 12.1 Å². The van der Waals surface area contributed by atoms with Crippen LogP contribution in [0.25, 0.3) is 11.5 Å². The predicted octanol–water partition coefficient (Wildman–Crippen LogP) is 1.99. The molecule has 0 bridgehead atoms. The molecule has 0 radical (unpaired) electrons. The van der Waals surface area contributed by atoms with E-state index in [-0.39, 0.29) is 5.82 Å². The SMILES string of the molecule is CCNCc1noc(-c2ccc(F)cc2)n1. The van der Waals surface area contributed by atoms with Crippen molar-refractivity contribution in [2.75, 3.05) is 6.54 Å². The highest BCUT2D eigenvalue weighted by Crippen LogP contribution is 2.17. The Labute approximate surface area is 92.5 Å². The lowest BCUT2D eigenvalue weighted by Gasteiger charge is -1.93. The monoisotopic (exact) mass is 221 g/mol. The van der Waals surface area contributed by atoms with Gasteiger partial charge in [0.25, 0.3) is 5.89 Å². The van der Waals surface area contributed by atoms with Crippen LogP contribution in [0.3, 0.4) is 0 Å². The number of nitrogens with zero attached hydrogens (tertiary/aromatic N) is 2. The molecule has 0 unspecified atom stereocenters. The summed E-state index contributed by atoms with van der Waals surface area (Å²) in [5.41, 5.74) is 0.719. The van der Waals surface area contributed by atoms with Crippen molar-refractivity contribution >= 4 is 0 Å². The molecule has 1 aromatic heterocycles. The molecule has 0 saturated carbocycles. The number of benzene rings is 1. The van der Waals surface area contributed by atoms with E-state index in [0.717, 1.165) is 12.1 Å². The molecule has 0 atom stereocenters. The zero-order chi connectivity index (χ0) is 11.4. The quantitative estimate of drug-likeness (QED) is 0.857. The van der Waals surface area contributed by atoms with Crippen molar-refractivity contribution in [3.05, 3.63) is 35.9 Å². The predicted molar refractivity (Wildman–Crippen MR) is 57.1 cm³/mol. The molecule has 0 aliphatic rings. The Bertz CT molecular complexity index is 453. The number of hydrogen-bond donors (Lipinski definition) is 1. The second kappa shape index (κ2) is 4.85. The van der Waals surface area contributed by atoms with E-state index in [1.165, 1.54) is 12.1 Å². The van der Waals surface area contributed by atoms with Crippen LogP contribution >= 0.6 is 0 Å². The van der Waals surface area contributed by atoms with E-state index in [4.69, 9.17) is 4.52 Å². The normalized spacial score (nSPS) is 10.6. The van der Waals surface area contributed by atoms with E-state index in [9.17, 15) is 4.39 Å². The molecule has 4 nitrogen and oxygen atoms in total. The van der Waals surface area contributed by atoms with Gasteiger partial charge in [-0.15, -0.1) is 0 Å². The summed E-state index contributed by atoms with van der Waals surface area (Å²) in [6, 6.07) is 5.95. The number of nitrogens with one attached hydrogen (secondary N) is 1. The minimum atomic E-state index is -0.281. The lowest BCUT2D eigenvalue weighted by atomic mass is 10.2. The van der Waals surface area contributed by atoms with Crippen molar-refractivity contribution < 1.29 is 8.91 Å². The maximum absolute atomic E-state index is 12.7. The molecule has 1 aromatic carbocycles. The van der Waals surface area contributed by atoms with Gasteiger partial charge in [0.2, 0.25) is 0 Å². The molecule has 1 heterocycles. The fraction of sp³-hybridized carbons (Fsp3) is 0.273. The topological polar surface area (TPSA) is 51.0 Å². The molecule has 2 rings (SSSR count). The molecule has 0 aliphatic carbocycles. The largest absolute Gasteiger partial charge is 0.334 e. The van der Waals surface area contributed by atoms with Gasteiger partial charge in [0.1, 0.15) is 5.82 Å². The Morgan fingerprint density at radius 3 is 2.75 bits per heavy atom. The molecule has 1 N–H and O–H groups in total. The van der Waals surface area contributed by atoms with Gasteiger partial charge in [0, 0.05) is 5.56 Å². The third kappa shape index (κ3) is 2.43. The van der Waals surface area contributed by atoms with E-state index in [1.807, 2.05) is 6.92 Å². The van der Waals surface area contributed by atoms with Crippen molar-refractivity contribution in [1.82, 2.24) is 15.5 Å². The Morgan fingerprint density at radius 1 is 1.31 bits per heavy atom. The highest BCUT2D eigenvalue weighted by Gasteiger charge is 2.07. The zero-order valence-corrected chi connectivity index (χ0v) is 8.90. The van der Waals surface area contributed by atoms with Crippen LogP contribution in [0.5, 0.6) is 0 Å². The molecular weight excluding hydrogens is 209 g/mol. The summed E-state index contributed by atoms with van der Waals surface area (Å²) in [7, 11) is 0. The van der Waals surface area contributed by atoms with Crippen molar-refractivity contribution in [3.8, 4) is 11.5 Å². The highest BCUT2D eigenvalue weighted by atomic mass is 19.1. The first kappa shape index (κ1) is 10.8. The van der Waals surface area contributed by atoms with Crippen LogP contribution in [-0.2, 0) is 6.54 Å². The standard InChI is InChI=1S/C11H12FN3O/c1-2-13-7-10-14-11(16-15-10)8-3-5-9(12)6-4-8/h3-6,13H,2,7H2,1H3. The van der Waals surface area contributed by atoms with E-state index in [1.54, 1.807) is 12.1 Å². The molecule has 84 valence electrons. The van der Waals surface area contributed by atoms with Gasteiger partial charge >= 0.3 is 0 Å². The first-order chi connectivity index (χ1) is 7.79. The van der Waals surface area contributed by atoms with Crippen molar-refractivity contribution in [2.24, 2.45) is 0 Å². The van der Waals surface area contributed by atoms with Crippen LogP contribution in [0.1, 0.15) is 12.7 Å². The lowest BCUT2D eigenvalue weighted by Crippen LogP contribution is -2.12. The number of rotatable bonds is 4. The number of halogens is 1.